The minimum absolute atomic E-state index is 0.0813. The van der Waals surface area contributed by atoms with Gasteiger partial charge in [-0.2, -0.15) is 0 Å². The van der Waals surface area contributed by atoms with Crippen molar-refractivity contribution in [3.63, 3.8) is 0 Å². The Bertz CT molecular complexity index is 507. The van der Waals surface area contributed by atoms with Crippen LogP contribution in [0.1, 0.15) is 50.0 Å². The molecule has 122 valence electrons. The van der Waals surface area contributed by atoms with E-state index in [1.54, 1.807) is 19.1 Å². The molecule has 1 aromatic carbocycles. The molecule has 2 amide bonds. The van der Waals surface area contributed by atoms with Crippen LogP contribution in [-0.2, 0) is 11.3 Å². The maximum atomic E-state index is 12.1. The Kier molecular flexibility index (Phi) is 6.56. The van der Waals surface area contributed by atoms with Crippen molar-refractivity contribution >= 4 is 11.8 Å². The monoisotopic (exact) mass is 306 g/mol. The lowest BCUT2D eigenvalue weighted by atomic mass is 9.87. The molecule has 0 heterocycles. The van der Waals surface area contributed by atoms with Crippen molar-refractivity contribution in [3.8, 4) is 0 Å². The summed E-state index contributed by atoms with van der Waals surface area (Å²) < 4.78 is 0. The van der Waals surface area contributed by atoms with Crippen molar-refractivity contribution in [2.75, 3.05) is 6.54 Å². The van der Waals surface area contributed by atoms with Crippen LogP contribution in [0.2, 0.25) is 0 Å². The number of benzene rings is 1. The van der Waals surface area contributed by atoms with Crippen molar-refractivity contribution < 1.29 is 14.7 Å². The molecule has 0 fully saturated rings. The zero-order valence-corrected chi connectivity index (χ0v) is 13.8. The Labute approximate surface area is 132 Å². The highest BCUT2D eigenvalue weighted by Crippen LogP contribution is 2.21. The molecule has 5 nitrogen and oxygen atoms in total. The van der Waals surface area contributed by atoms with Gasteiger partial charge in [0.05, 0.1) is 6.10 Å². The summed E-state index contributed by atoms with van der Waals surface area (Å²) in [5, 5.41) is 15.1. The second kappa shape index (κ2) is 7.94. The molecule has 0 radical (unpaired) electrons. The first-order valence-corrected chi connectivity index (χ1v) is 7.49. The molecule has 0 bridgehead atoms. The summed E-state index contributed by atoms with van der Waals surface area (Å²) in [5.74, 6) is -0.216. The average Bonchev–Trinajstić information content (AvgIpc) is 2.42. The summed E-state index contributed by atoms with van der Waals surface area (Å²) in [5.41, 5.74) is 1.37. The molecule has 22 heavy (non-hydrogen) atoms. The summed E-state index contributed by atoms with van der Waals surface area (Å²) in [6, 6.07) is 7.14. The van der Waals surface area contributed by atoms with Gasteiger partial charge in [0.2, 0.25) is 5.91 Å². The van der Waals surface area contributed by atoms with Gasteiger partial charge in [0, 0.05) is 25.6 Å². The molecule has 3 N–H and O–H groups in total. The number of aliphatic hydroxyl groups is 1. The fourth-order valence-corrected chi connectivity index (χ4v) is 2.29. The first-order valence-electron chi connectivity index (χ1n) is 7.49. The second-order valence-electron chi connectivity index (χ2n) is 6.51. The van der Waals surface area contributed by atoms with Crippen LogP contribution < -0.4 is 10.6 Å². The van der Waals surface area contributed by atoms with E-state index in [0.717, 1.165) is 5.56 Å². The van der Waals surface area contributed by atoms with E-state index in [0.29, 0.717) is 25.1 Å². The predicted molar refractivity (Wildman–Crippen MR) is 86.4 cm³/mol. The van der Waals surface area contributed by atoms with Gasteiger partial charge in [-0.25, -0.2) is 0 Å². The van der Waals surface area contributed by atoms with E-state index < -0.39 is 0 Å². The van der Waals surface area contributed by atoms with Gasteiger partial charge in [-0.3, -0.25) is 9.59 Å². The van der Waals surface area contributed by atoms with Crippen molar-refractivity contribution in [1.82, 2.24) is 10.6 Å². The maximum Gasteiger partial charge on any atom is 0.251 e. The van der Waals surface area contributed by atoms with Crippen LogP contribution in [0, 0.1) is 5.41 Å². The summed E-state index contributed by atoms with van der Waals surface area (Å²) >= 11 is 0. The second-order valence-corrected chi connectivity index (χ2v) is 6.51. The SMILES string of the molecule is CC(=O)NCc1ccc(C(=O)NCC(C)(C)CC(C)O)cc1. The summed E-state index contributed by atoms with van der Waals surface area (Å²) in [6.07, 6.45) is 0.239. The van der Waals surface area contributed by atoms with E-state index in [9.17, 15) is 14.7 Å². The van der Waals surface area contributed by atoms with Crippen LogP contribution in [0.25, 0.3) is 0 Å². The molecule has 1 unspecified atom stereocenters. The quantitative estimate of drug-likeness (QED) is 0.719. The van der Waals surface area contributed by atoms with Crippen LogP contribution in [-0.4, -0.2) is 29.6 Å². The van der Waals surface area contributed by atoms with Gasteiger partial charge >= 0.3 is 0 Å². The van der Waals surface area contributed by atoms with Gasteiger partial charge in [0.25, 0.3) is 5.91 Å². The van der Waals surface area contributed by atoms with E-state index in [2.05, 4.69) is 10.6 Å². The first kappa shape index (κ1) is 18.2. The molecule has 0 aliphatic carbocycles. The van der Waals surface area contributed by atoms with Crippen molar-refractivity contribution in [3.05, 3.63) is 35.4 Å². The molecule has 1 aromatic rings. The largest absolute Gasteiger partial charge is 0.393 e. The fourth-order valence-electron chi connectivity index (χ4n) is 2.29. The lowest BCUT2D eigenvalue weighted by Gasteiger charge is -2.26. The molecule has 0 saturated heterocycles. The molecule has 0 aliphatic rings. The van der Waals surface area contributed by atoms with Crippen LogP contribution in [0.4, 0.5) is 0 Å². The minimum atomic E-state index is -0.389. The lowest BCUT2D eigenvalue weighted by Crippen LogP contribution is -2.35. The number of aliphatic hydroxyl groups excluding tert-OH is 1. The van der Waals surface area contributed by atoms with Crippen LogP contribution in [0.3, 0.4) is 0 Å². The number of rotatable bonds is 7. The van der Waals surface area contributed by atoms with Gasteiger partial charge in [-0.1, -0.05) is 26.0 Å². The first-order chi connectivity index (χ1) is 10.2. The maximum absolute atomic E-state index is 12.1. The number of carbonyl (C=O) groups excluding carboxylic acids is 2. The zero-order valence-electron chi connectivity index (χ0n) is 13.8. The Morgan fingerprint density at radius 1 is 1.18 bits per heavy atom. The van der Waals surface area contributed by atoms with Gasteiger partial charge in [0.1, 0.15) is 0 Å². The number of hydrogen-bond donors (Lipinski definition) is 3. The Hall–Kier alpha value is -1.88. The molecular weight excluding hydrogens is 280 g/mol. The molecule has 0 spiro atoms. The zero-order chi connectivity index (χ0) is 16.8. The standard InChI is InChI=1S/C17H26N2O3/c1-12(20)9-17(3,4)11-19-16(22)15-7-5-14(6-8-15)10-18-13(2)21/h5-8,12,20H,9-11H2,1-4H3,(H,18,21)(H,19,22). The third-order valence-electron chi connectivity index (χ3n) is 3.33. The topological polar surface area (TPSA) is 78.4 Å². The molecular formula is C17H26N2O3. The lowest BCUT2D eigenvalue weighted by molar-refractivity contribution is -0.119. The molecule has 0 aromatic heterocycles. The highest BCUT2D eigenvalue weighted by molar-refractivity contribution is 5.94. The number of nitrogens with one attached hydrogen (secondary N) is 2. The normalized spacial score (nSPS) is 12.6. The van der Waals surface area contributed by atoms with E-state index in [1.807, 2.05) is 26.0 Å². The molecule has 1 rings (SSSR count). The van der Waals surface area contributed by atoms with Crippen LogP contribution >= 0.6 is 0 Å². The Morgan fingerprint density at radius 3 is 2.27 bits per heavy atom. The average molecular weight is 306 g/mol. The highest BCUT2D eigenvalue weighted by atomic mass is 16.3. The van der Waals surface area contributed by atoms with E-state index >= 15 is 0 Å². The van der Waals surface area contributed by atoms with Crippen molar-refractivity contribution in [2.24, 2.45) is 5.41 Å². The van der Waals surface area contributed by atoms with Crippen LogP contribution in [0.15, 0.2) is 24.3 Å². The summed E-state index contributed by atoms with van der Waals surface area (Å²) in [6.45, 7) is 8.20. The van der Waals surface area contributed by atoms with E-state index in [4.69, 9.17) is 0 Å². The summed E-state index contributed by atoms with van der Waals surface area (Å²) in [7, 11) is 0. The van der Waals surface area contributed by atoms with Gasteiger partial charge in [0.15, 0.2) is 0 Å². The molecule has 0 saturated carbocycles. The van der Waals surface area contributed by atoms with Crippen molar-refractivity contribution in [2.45, 2.75) is 46.8 Å². The minimum Gasteiger partial charge on any atom is -0.393 e. The Morgan fingerprint density at radius 2 is 1.77 bits per heavy atom. The molecule has 1 atom stereocenters. The van der Waals surface area contributed by atoms with Crippen molar-refractivity contribution in [1.29, 1.82) is 0 Å². The van der Waals surface area contributed by atoms with E-state index in [1.165, 1.54) is 6.92 Å². The smallest absolute Gasteiger partial charge is 0.251 e. The number of hydrogen-bond acceptors (Lipinski definition) is 3. The van der Waals surface area contributed by atoms with E-state index in [-0.39, 0.29) is 23.3 Å². The molecule has 5 heteroatoms. The third-order valence-corrected chi connectivity index (χ3v) is 3.33. The van der Waals surface area contributed by atoms with Crippen LogP contribution in [0.5, 0.6) is 0 Å². The number of amides is 2. The van der Waals surface area contributed by atoms with Gasteiger partial charge in [-0.05, 0) is 36.5 Å². The Balaban J connectivity index is 2.54. The third kappa shape index (κ3) is 6.72. The molecule has 0 aliphatic heterocycles. The van der Waals surface area contributed by atoms with Gasteiger partial charge < -0.3 is 15.7 Å². The fraction of sp³-hybridized carbons (Fsp3) is 0.529. The number of carbonyl (C=O) groups is 2. The van der Waals surface area contributed by atoms with Gasteiger partial charge in [-0.15, -0.1) is 0 Å². The predicted octanol–water partition coefficient (Wildman–Crippen LogP) is 1.85. The highest BCUT2D eigenvalue weighted by Gasteiger charge is 2.21. The summed E-state index contributed by atoms with van der Waals surface area (Å²) in [4.78, 5) is 23.0.